The van der Waals surface area contributed by atoms with Crippen LogP contribution in [0.25, 0.3) is 12.2 Å². The van der Waals surface area contributed by atoms with Gasteiger partial charge in [0.1, 0.15) is 12.0 Å². The first-order chi connectivity index (χ1) is 13.6. The Labute approximate surface area is 163 Å². The molecule has 4 heteroatoms. The highest BCUT2D eigenvalue weighted by Gasteiger charge is 2.34. The largest absolute Gasteiger partial charge is 0.360 e. The second kappa shape index (κ2) is 7.16. The third-order valence-corrected chi connectivity index (χ3v) is 4.90. The molecule has 1 atom stereocenters. The molecule has 3 nitrogen and oxygen atoms in total. The zero-order chi connectivity index (χ0) is 19.7. The predicted octanol–water partition coefficient (Wildman–Crippen LogP) is 5.88. The summed E-state index contributed by atoms with van der Waals surface area (Å²) in [4.78, 5) is 15.0. The minimum absolute atomic E-state index is 0.140. The van der Waals surface area contributed by atoms with Crippen LogP contribution in [0.4, 0.5) is 15.8 Å². The molecular weight excluding hydrogens is 351 g/mol. The van der Waals surface area contributed by atoms with Crippen molar-refractivity contribution in [3.05, 3.63) is 108 Å². The maximum Gasteiger partial charge on any atom is 0.262 e. The molecule has 1 aliphatic heterocycles. The van der Waals surface area contributed by atoms with Crippen molar-refractivity contribution in [2.24, 2.45) is 0 Å². The molecule has 1 N–H and O–H groups in total. The van der Waals surface area contributed by atoms with Gasteiger partial charge >= 0.3 is 0 Å². The van der Waals surface area contributed by atoms with Gasteiger partial charge in [-0.2, -0.15) is 0 Å². The van der Waals surface area contributed by atoms with Crippen molar-refractivity contribution in [3.63, 3.8) is 0 Å². The predicted molar refractivity (Wildman–Crippen MR) is 113 cm³/mol. The van der Waals surface area contributed by atoms with Gasteiger partial charge in [0.2, 0.25) is 0 Å². The molecule has 1 heterocycles. The monoisotopic (exact) mass is 370 g/mol. The summed E-state index contributed by atoms with van der Waals surface area (Å²) < 4.78 is 13.5. The van der Waals surface area contributed by atoms with E-state index in [2.05, 4.69) is 18.5 Å². The van der Waals surface area contributed by atoms with Crippen molar-refractivity contribution >= 4 is 29.4 Å². The fourth-order valence-corrected chi connectivity index (χ4v) is 3.48. The fraction of sp³-hybridized carbons (Fsp3) is 0.0417. The summed E-state index contributed by atoms with van der Waals surface area (Å²) in [5, 5.41) is 3.45. The second-order valence-electron chi connectivity index (χ2n) is 6.54. The van der Waals surface area contributed by atoms with E-state index in [9.17, 15) is 9.18 Å². The van der Waals surface area contributed by atoms with Crippen LogP contribution in [0, 0.1) is 5.82 Å². The van der Waals surface area contributed by atoms with Crippen LogP contribution in [-0.2, 0) is 0 Å². The minimum Gasteiger partial charge on any atom is -0.360 e. The van der Waals surface area contributed by atoms with Crippen molar-refractivity contribution in [2.75, 3.05) is 10.2 Å². The lowest BCUT2D eigenvalue weighted by Crippen LogP contribution is -2.43. The molecule has 1 unspecified atom stereocenters. The van der Waals surface area contributed by atoms with Crippen molar-refractivity contribution in [1.29, 1.82) is 0 Å². The lowest BCUT2D eigenvalue weighted by Gasteiger charge is -2.38. The molecule has 0 saturated heterocycles. The normalized spacial score (nSPS) is 15.5. The number of benzene rings is 3. The summed E-state index contributed by atoms with van der Waals surface area (Å²) >= 11 is 0. The Morgan fingerprint density at radius 3 is 2.36 bits per heavy atom. The molecule has 138 valence electrons. The summed E-state index contributed by atoms with van der Waals surface area (Å²) in [6.07, 6.45) is 3.10. The quantitative estimate of drug-likeness (QED) is 0.622. The summed E-state index contributed by atoms with van der Waals surface area (Å²) in [5.41, 5.74) is 4.76. The highest BCUT2D eigenvalue weighted by molar-refractivity contribution is 6.12. The molecule has 0 bridgehead atoms. The molecule has 4 rings (SSSR count). The lowest BCUT2D eigenvalue weighted by molar-refractivity contribution is 0.0975. The molecule has 1 aliphatic rings. The van der Waals surface area contributed by atoms with Gasteiger partial charge in [0.15, 0.2) is 0 Å². The van der Waals surface area contributed by atoms with Crippen molar-refractivity contribution in [1.82, 2.24) is 0 Å². The Morgan fingerprint density at radius 1 is 0.929 bits per heavy atom. The van der Waals surface area contributed by atoms with E-state index >= 15 is 0 Å². The van der Waals surface area contributed by atoms with E-state index in [4.69, 9.17) is 0 Å². The Balaban J connectivity index is 1.87. The van der Waals surface area contributed by atoms with E-state index in [0.717, 1.165) is 22.4 Å². The SMILES string of the molecule is C=Cc1ccc(C2Nc3ccccc3C(=O)N2c2ccc(F)cc2)cc1C=C. The lowest BCUT2D eigenvalue weighted by atomic mass is 9.98. The van der Waals surface area contributed by atoms with Crippen LogP contribution in [0.1, 0.15) is 33.2 Å². The molecule has 0 spiro atoms. The number of nitrogens with one attached hydrogen (secondary N) is 1. The van der Waals surface area contributed by atoms with Gasteiger partial charge in [-0.3, -0.25) is 9.69 Å². The fourth-order valence-electron chi connectivity index (χ4n) is 3.48. The molecule has 0 fully saturated rings. The van der Waals surface area contributed by atoms with Gasteiger partial charge in [-0.1, -0.05) is 49.6 Å². The summed E-state index contributed by atoms with van der Waals surface area (Å²) in [6, 6.07) is 19.2. The molecule has 3 aromatic carbocycles. The second-order valence-corrected chi connectivity index (χ2v) is 6.54. The summed E-state index contributed by atoms with van der Waals surface area (Å²) in [5.74, 6) is -0.485. The minimum atomic E-state index is -0.439. The van der Waals surface area contributed by atoms with Gasteiger partial charge in [0.25, 0.3) is 5.91 Å². The third-order valence-electron chi connectivity index (χ3n) is 4.90. The zero-order valence-corrected chi connectivity index (χ0v) is 15.2. The van der Waals surface area contributed by atoms with Crippen LogP contribution in [0.2, 0.25) is 0 Å². The summed E-state index contributed by atoms with van der Waals surface area (Å²) in [7, 11) is 0. The number of carbonyl (C=O) groups excluding carboxylic acids is 1. The number of anilines is 2. The number of nitrogens with zero attached hydrogens (tertiary/aromatic N) is 1. The van der Waals surface area contributed by atoms with E-state index in [-0.39, 0.29) is 11.7 Å². The number of carbonyl (C=O) groups is 1. The first-order valence-electron chi connectivity index (χ1n) is 8.96. The standard InChI is InChI=1S/C24H19FN2O/c1-3-16-9-10-18(15-17(16)4-2)23-26-22-8-6-5-7-21(22)24(28)27(23)20-13-11-19(25)12-14-20/h3-15,23,26H,1-2H2. The van der Waals surface area contributed by atoms with Gasteiger partial charge < -0.3 is 5.32 Å². The number of hydrogen-bond acceptors (Lipinski definition) is 2. The van der Waals surface area contributed by atoms with E-state index in [0.29, 0.717) is 11.3 Å². The maximum absolute atomic E-state index is 13.5. The van der Waals surface area contributed by atoms with Gasteiger partial charge in [-0.15, -0.1) is 0 Å². The number of amides is 1. The van der Waals surface area contributed by atoms with Gasteiger partial charge in [0.05, 0.1) is 5.56 Å². The molecule has 28 heavy (non-hydrogen) atoms. The Kier molecular flexibility index (Phi) is 4.53. The van der Waals surface area contributed by atoms with E-state index < -0.39 is 6.17 Å². The smallest absolute Gasteiger partial charge is 0.262 e. The molecular formula is C24H19FN2O. The number of hydrogen-bond donors (Lipinski definition) is 1. The number of fused-ring (bicyclic) bond motifs is 1. The highest BCUT2D eigenvalue weighted by Crippen LogP contribution is 2.37. The zero-order valence-electron chi connectivity index (χ0n) is 15.2. The highest BCUT2D eigenvalue weighted by atomic mass is 19.1. The maximum atomic E-state index is 13.5. The first kappa shape index (κ1) is 17.7. The molecule has 0 radical (unpaired) electrons. The molecule has 0 saturated carbocycles. The van der Waals surface area contributed by atoms with Crippen molar-refractivity contribution in [3.8, 4) is 0 Å². The average molecular weight is 370 g/mol. The van der Waals surface area contributed by atoms with Crippen LogP contribution in [0.15, 0.2) is 79.9 Å². The number of para-hydroxylation sites is 1. The van der Waals surface area contributed by atoms with E-state index in [1.165, 1.54) is 12.1 Å². The van der Waals surface area contributed by atoms with Gasteiger partial charge in [-0.25, -0.2) is 4.39 Å². The van der Waals surface area contributed by atoms with E-state index in [1.807, 2.05) is 36.4 Å². The van der Waals surface area contributed by atoms with Crippen molar-refractivity contribution in [2.45, 2.75) is 6.17 Å². The third kappa shape index (κ3) is 2.99. The molecule has 1 amide bonds. The molecule has 0 aromatic heterocycles. The van der Waals surface area contributed by atoms with Crippen LogP contribution >= 0.6 is 0 Å². The number of rotatable bonds is 4. The topological polar surface area (TPSA) is 32.3 Å². The van der Waals surface area contributed by atoms with Gasteiger partial charge in [0, 0.05) is 11.4 Å². The Bertz CT molecular complexity index is 1070. The number of halogens is 1. The summed E-state index contributed by atoms with van der Waals surface area (Å²) in [6.45, 7) is 7.70. The first-order valence-corrected chi connectivity index (χ1v) is 8.96. The Morgan fingerprint density at radius 2 is 1.64 bits per heavy atom. The van der Waals surface area contributed by atoms with Crippen molar-refractivity contribution < 1.29 is 9.18 Å². The Hall–Kier alpha value is -3.66. The average Bonchev–Trinajstić information content (AvgIpc) is 2.74. The molecule has 3 aromatic rings. The van der Waals surface area contributed by atoms with Crippen LogP contribution in [0.5, 0.6) is 0 Å². The van der Waals surface area contributed by atoms with Crippen LogP contribution in [-0.4, -0.2) is 5.91 Å². The van der Waals surface area contributed by atoms with Gasteiger partial charge in [-0.05, 0) is 59.2 Å². The van der Waals surface area contributed by atoms with Crippen LogP contribution < -0.4 is 10.2 Å². The van der Waals surface area contributed by atoms with E-state index in [1.54, 1.807) is 35.3 Å². The van der Waals surface area contributed by atoms with Crippen LogP contribution in [0.3, 0.4) is 0 Å². The molecule has 0 aliphatic carbocycles.